The van der Waals surface area contributed by atoms with Crippen molar-refractivity contribution < 1.29 is 14.2 Å². The molecule has 1 aromatic carbocycles. The highest BCUT2D eigenvalue weighted by atomic mass is 16.7. The Morgan fingerprint density at radius 3 is 2.89 bits per heavy atom. The van der Waals surface area contributed by atoms with Gasteiger partial charge in [-0.15, -0.1) is 0 Å². The summed E-state index contributed by atoms with van der Waals surface area (Å²) in [4.78, 5) is 0. The van der Waals surface area contributed by atoms with Crippen LogP contribution >= 0.6 is 0 Å². The molecule has 0 unspecified atom stereocenters. The van der Waals surface area contributed by atoms with E-state index < -0.39 is 0 Å². The van der Waals surface area contributed by atoms with Crippen molar-refractivity contribution in [2.75, 3.05) is 20.0 Å². The third-order valence-electron chi connectivity index (χ3n) is 3.78. The Morgan fingerprint density at radius 2 is 2.06 bits per heavy atom. The second-order valence-corrected chi connectivity index (χ2v) is 5.18. The molecule has 4 nitrogen and oxygen atoms in total. The minimum Gasteiger partial charge on any atom is -0.454 e. The zero-order valence-corrected chi connectivity index (χ0v) is 10.7. The maximum absolute atomic E-state index is 5.52. The summed E-state index contributed by atoms with van der Waals surface area (Å²) in [5.41, 5.74) is 1.33. The molecule has 0 saturated carbocycles. The summed E-state index contributed by atoms with van der Waals surface area (Å²) in [5, 5.41) is 3.63. The Morgan fingerprint density at radius 1 is 1.22 bits per heavy atom. The molecule has 0 spiro atoms. The van der Waals surface area contributed by atoms with Gasteiger partial charge in [0.15, 0.2) is 11.5 Å². The first-order valence-electron chi connectivity index (χ1n) is 6.47. The Bertz CT molecular complexity index is 427. The van der Waals surface area contributed by atoms with Crippen LogP contribution in [0.4, 0.5) is 0 Å². The van der Waals surface area contributed by atoms with Gasteiger partial charge in [-0.1, -0.05) is 12.1 Å². The van der Waals surface area contributed by atoms with Gasteiger partial charge in [-0.05, 0) is 25.8 Å². The predicted molar refractivity (Wildman–Crippen MR) is 67.9 cm³/mol. The molecule has 0 atom stereocenters. The normalized spacial score (nSPS) is 20.9. The molecule has 1 saturated heterocycles. The molecule has 2 aliphatic rings. The van der Waals surface area contributed by atoms with Crippen molar-refractivity contribution in [1.82, 2.24) is 5.32 Å². The van der Waals surface area contributed by atoms with Gasteiger partial charge < -0.3 is 19.5 Å². The quantitative estimate of drug-likeness (QED) is 0.890. The van der Waals surface area contributed by atoms with Gasteiger partial charge in [-0.2, -0.15) is 0 Å². The highest BCUT2D eigenvalue weighted by Gasteiger charge is 2.27. The van der Waals surface area contributed by atoms with E-state index in [-0.39, 0.29) is 5.54 Å². The maximum atomic E-state index is 5.52. The molecule has 98 valence electrons. The number of para-hydroxylation sites is 1. The van der Waals surface area contributed by atoms with Crippen LogP contribution in [0.1, 0.15) is 25.3 Å². The van der Waals surface area contributed by atoms with Gasteiger partial charge in [0, 0.05) is 30.9 Å². The van der Waals surface area contributed by atoms with Crippen molar-refractivity contribution in [1.29, 1.82) is 0 Å². The maximum Gasteiger partial charge on any atom is 0.231 e. The van der Waals surface area contributed by atoms with E-state index in [1.54, 1.807) is 0 Å². The van der Waals surface area contributed by atoms with Crippen LogP contribution < -0.4 is 14.8 Å². The average Bonchev–Trinajstić information content (AvgIpc) is 2.86. The Kier molecular flexibility index (Phi) is 3.14. The number of benzene rings is 1. The van der Waals surface area contributed by atoms with Crippen LogP contribution in [0.25, 0.3) is 0 Å². The average molecular weight is 249 g/mol. The van der Waals surface area contributed by atoms with E-state index in [4.69, 9.17) is 14.2 Å². The lowest BCUT2D eigenvalue weighted by Crippen LogP contribution is -2.46. The standard InChI is InChI=1S/C14H19NO3/c1-14(5-7-16-8-6-14)15-9-11-3-2-4-12-13(11)18-10-17-12/h2-4,15H,5-10H2,1H3. The number of ether oxygens (including phenoxy) is 3. The molecule has 18 heavy (non-hydrogen) atoms. The molecule has 2 heterocycles. The summed E-state index contributed by atoms with van der Waals surface area (Å²) in [5.74, 6) is 1.74. The van der Waals surface area contributed by atoms with Crippen molar-refractivity contribution in [3.63, 3.8) is 0 Å². The molecule has 1 fully saturated rings. The van der Waals surface area contributed by atoms with E-state index in [2.05, 4.69) is 18.3 Å². The van der Waals surface area contributed by atoms with Crippen molar-refractivity contribution in [2.24, 2.45) is 0 Å². The minimum atomic E-state index is 0.167. The SMILES string of the molecule is CC1(NCc2cccc3c2OCO3)CCOCC1. The molecule has 0 amide bonds. The van der Waals surface area contributed by atoms with Crippen LogP contribution in [-0.2, 0) is 11.3 Å². The van der Waals surface area contributed by atoms with Crippen molar-refractivity contribution in [2.45, 2.75) is 31.8 Å². The van der Waals surface area contributed by atoms with Crippen LogP contribution in [0.2, 0.25) is 0 Å². The molecule has 3 rings (SSSR count). The molecular formula is C14H19NO3. The van der Waals surface area contributed by atoms with Gasteiger partial charge in [-0.25, -0.2) is 0 Å². The van der Waals surface area contributed by atoms with E-state index in [1.165, 1.54) is 0 Å². The highest BCUT2D eigenvalue weighted by molar-refractivity contribution is 5.48. The fourth-order valence-corrected chi connectivity index (χ4v) is 2.44. The summed E-state index contributed by atoms with van der Waals surface area (Å²) in [6.45, 7) is 5.09. The largest absolute Gasteiger partial charge is 0.454 e. The summed E-state index contributed by atoms with van der Waals surface area (Å²) >= 11 is 0. The zero-order chi connectivity index (χ0) is 12.4. The lowest BCUT2D eigenvalue weighted by atomic mass is 9.92. The predicted octanol–water partition coefficient (Wildman–Crippen LogP) is 2.07. The number of rotatable bonds is 3. The second kappa shape index (κ2) is 4.78. The lowest BCUT2D eigenvalue weighted by Gasteiger charge is -2.34. The van der Waals surface area contributed by atoms with E-state index in [0.717, 1.165) is 49.7 Å². The number of fused-ring (bicyclic) bond motifs is 1. The summed E-state index contributed by atoms with van der Waals surface area (Å²) in [6.07, 6.45) is 2.11. The number of hydrogen-bond acceptors (Lipinski definition) is 4. The molecule has 0 aromatic heterocycles. The lowest BCUT2D eigenvalue weighted by molar-refractivity contribution is 0.0445. The van der Waals surface area contributed by atoms with Crippen LogP contribution in [0, 0.1) is 0 Å². The Labute approximate surface area is 107 Å². The van der Waals surface area contributed by atoms with E-state index in [1.807, 2.05) is 12.1 Å². The topological polar surface area (TPSA) is 39.7 Å². The molecule has 2 aliphatic heterocycles. The van der Waals surface area contributed by atoms with Gasteiger partial charge >= 0.3 is 0 Å². The summed E-state index contributed by atoms with van der Waals surface area (Å²) in [6, 6.07) is 6.04. The first kappa shape index (κ1) is 11.8. The molecule has 1 N–H and O–H groups in total. The van der Waals surface area contributed by atoms with Crippen LogP contribution in [0.3, 0.4) is 0 Å². The number of hydrogen-bond donors (Lipinski definition) is 1. The van der Waals surface area contributed by atoms with E-state index in [0.29, 0.717) is 6.79 Å². The zero-order valence-electron chi connectivity index (χ0n) is 10.7. The molecule has 0 bridgehead atoms. The molecule has 0 aliphatic carbocycles. The molecular weight excluding hydrogens is 230 g/mol. The van der Waals surface area contributed by atoms with Gasteiger partial charge in [-0.3, -0.25) is 0 Å². The molecule has 4 heteroatoms. The van der Waals surface area contributed by atoms with Crippen molar-refractivity contribution in [3.05, 3.63) is 23.8 Å². The third-order valence-corrected chi connectivity index (χ3v) is 3.78. The van der Waals surface area contributed by atoms with Crippen molar-refractivity contribution >= 4 is 0 Å². The highest BCUT2D eigenvalue weighted by Crippen LogP contribution is 2.35. The smallest absolute Gasteiger partial charge is 0.231 e. The van der Waals surface area contributed by atoms with Gasteiger partial charge in [0.2, 0.25) is 6.79 Å². The fraction of sp³-hybridized carbons (Fsp3) is 0.571. The Hall–Kier alpha value is -1.26. The van der Waals surface area contributed by atoms with Gasteiger partial charge in [0.25, 0.3) is 0 Å². The van der Waals surface area contributed by atoms with E-state index >= 15 is 0 Å². The first-order chi connectivity index (χ1) is 8.77. The van der Waals surface area contributed by atoms with Crippen LogP contribution in [-0.4, -0.2) is 25.5 Å². The Balaban J connectivity index is 1.68. The molecule has 1 aromatic rings. The number of nitrogens with one attached hydrogen (secondary N) is 1. The summed E-state index contributed by atoms with van der Waals surface area (Å²) in [7, 11) is 0. The summed E-state index contributed by atoms with van der Waals surface area (Å²) < 4.78 is 16.3. The second-order valence-electron chi connectivity index (χ2n) is 5.18. The van der Waals surface area contributed by atoms with Gasteiger partial charge in [0.05, 0.1) is 0 Å². The minimum absolute atomic E-state index is 0.167. The van der Waals surface area contributed by atoms with Gasteiger partial charge in [0.1, 0.15) is 0 Å². The van der Waals surface area contributed by atoms with Crippen LogP contribution in [0.5, 0.6) is 11.5 Å². The van der Waals surface area contributed by atoms with Crippen LogP contribution in [0.15, 0.2) is 18.2 Å². The van der Waals surface area contributed by atoms with Crippen molar-refractivity contribution in [3.8, 4) is 11.5 Å². The monoisotopic (exact) mass is 249 g/mol. The fourth-order valence-electron chi connectivity index (χ4n) is 2.44. The first-order valence-corrected chi connectivity index (χ1v) is 6.47. The molecule has 0 radical (unpaired) electrons. The third kappa shape index (κ3) is 2.31. The van der Waals surface area contributed by atoms with E-state index in [9.17, 15) is 0 Å².